The van der Waals surface area contributed by atoms with E-state index >= 15 is 0 Å². The maximum atomic E-state index is 5.79. The summed E-state index contributed by atoms with van der Waals surface area (Å²) in [5, 5.41) is 8.75. The molecule has 0 saturated heterocycles. The lowest BCUT2D eigenvalue weighted by molar-refractivity contribution is 0.483. The highest BCUT2D eigenvalue weighted by molar-refractivity contribution is 5.52. The molecule has 0 amide bonds. The minimum absolute atomic E-state index is 0.744. The molecule has 0 unspecified atom stereocenters. The molecule has 0 N–H and O–H groups in total. The first-order valence-electron chi connectivity index (χ1n) is 8.39. The van der Waals surface area contributed by atoms with Gasteiger partial charge in [0.25, 0.3) is 0 Å². The van der Waals surface area contributed by atoms with E-state index in [1.807, 2.05) is 91.2 Å². The molecule has 4 rings (SSSR count). The van der Waals surface area contributed by atoms with E-state index < -0.39 is 0 Å². The van der Waals surface area contributed by atoms with E-state index in [0.29, 0.717) is 0 Å². The Morgan fingerprint density at radius 3 is 2.31 bits per heavy atom. The number of fused-ring (bicyclic) bond motifs is 1. The molecule has 5 heteroatoms. The van der Waals surface area contributed by atoms with Crippen LogP contribution in [-0.2, 0) is 0 Å². The van der Waals surface area contributed by atoms with Crippen molar-refractivity contribution >= 4 is 17.2 Å². The van der Waals surface area contributed by atoms with E-state index in [2.05, 4.69) is 15.2 Å². The molecule has 2 aromatic carbocycles. The number of hydrogen-bond donors (Lipinski definition) is 0. The maximum Gasteiger partial charge on any atom is 0.182 e. The molecular formula is C21H18N4O. The Morgan fingerprint density at radius 1 is 0.808 bits per heavy atom. The van der Waals surface area contributed by atoms with Crippen LogP contribution >= 0.6 is 0 Å². The quantitative estimate of drug-likeness (QED) is 0.417. The first-order chi connectivity index (χ1) is 12.7. The number of hydrogen-bond acceptors (Lipinski definition) is 4. The lowest BCUT2D eigenvalue weighted by Gasteiger charge is -2.04. The van der Waals surface area contributed by atoms with E-state index in [-0.39, 0.29) is 0 Å². The van der Waals surface area contributed by atoms with Crippen LogP contribution in [-0.4, -0.2) is 9.38 Å². The molecular weight excluding hydrogens is 324 g/mol. The van der Waals surface area contributed by atoms with Gasteiger partial charge in [-0.3, -0.25) is 4.40 Å². The number of azo groups is 1. The molecule has 26 heavy (non-hydrogen) atoms. The first kappa shape index (κ1) is 16.0. The summed E-state index contributed by atoms with van der Waals surface area (Å²) in [6.07, 6.45) is 2.01. The maximum absolute atomic E-state index is 5.79. The van der Waals surface area contributed by atoms with Crippen LogP contribution in [0, 0.1) is 13.8 Å². The number of aryl methyl sites for hydroxylation is 2. The molecule has 0 fully saturated rings. The molecule has 128 valence electrons. The average molecular weight is 342 g/mol. The molecule has 0 radical (unpaired) electrons. The second-order valence-electron chi connectivity index (χ2n) is 6.06. The highest BCUT2D eigenvalue weighted by atomic mass is 16.5. The topological polar surface area (TPSA) is 51.2 Å². The monoisotopic (exact) mass is 342 g/mol. The number of benzene rings is 2. The van der Waals surface area contributed by atoms with Crippen LogP contribution < -0.4 is 4.74 Å². The summed E-state index contributed by atoms with van der Waals surface area (Å²) in [4.78, 5) is 4.52. The Morgan fingerprint density at radius 2 is 1.54 bits per heavy atom. The third-order valence-corrected chi connectivity index (χ3v) is 3.98. The van der Waals surface area contributed by atoms with Crippen molar-refractivity contribution in [3.05, 3.63) is 84.2 Å². The van der Waals surface area contributed by atoms with Gasteiger partial charge in [-0.05, 0) is 61.9 Å². The SMILES string of the molecule is Cc1ccc2nc(C)c(N=Nc3ccc(Oc4ccccc4)cc3)n2c1. The Kier molecular flexibility index (Phi) is 4.19. The van der Waals surface area contributed by atoms with Gasteiger partial charge in [0.15, 0.2) is 5.82 Å². The van der Waals surface area contributed by atoms with Crippen molar-refractivity contribution in [2.75, 3.05) is 0 Å². The van der Waals surface area contributed by atoms with Crippen molar-refractivity contribution in [2.45, 2.75) is 13.8 Å². The Labute approximate surface area is 151 Å². The number of aromatic nitrogens is 2. The van der Waals surface area contributed by atoms with Crippen LogP contribution in [0.1, 0.15) is 11.3 Å². The zero-order valence-corrected chi connectivity index (χ0v) is 14.6. The van der Waals surface area contributed by atoms with Gasteiger partial charge in [-0.2, -0.15) is 0 Å². The number of rotatable bonds is 4. The van der Waals surface area contributed by atoms with E-state index in [1.54, 1.807) is 0 Å². The van der Waals surface area contributed by atoms with E-state index in [9.17, 15) is 0 Å². The zero-order chi connectivity index (χ0) is 17.9. The second kappa shape index (κ2) is 6.80. The summed E-state index contributed by atoms with van der Waals surface area (Å²) >= 11 is 0. The predicted octanol–water partition coefficient (Wildman–Crippen LogP) is 6.16. The number of imidazole rings is 1. The van der Waals surface area contributed by atoms with Crippen LogP contribution in [0.4, 0.5) is 11.5 Å². The van der Waals surface area contributed by atoms with Crippen LogP contribution in [0.5, 0.6) is 11.5 Å². The molecule has 5 nitrogen and oxygen atoms in total. The summed E-state index contributed by atoms with van der Waals surface area (Å²) in [5.41, 5.74) is 3.62. The minimum atomic E-state index is 0.744. The van der Waals surface area contributed by atoms with Gasteiger partial charge in [-0.1, -0.05) is 24.3 Å². The van der Waals surface area contributed by atoms with Crippen molar-refractivity contribution < 1.29 is 4.74 Å². The molecule has 0 spiro atoms. The van der Waals surface area contributed by atoms with Gasteiger partial charge in [0.05, 0.1) is 11.4 Å². The van der Waals surface area contributed by atoms with Gasteiger partial charge < -0.3 is 4.74 Å². The van der Waals surface area contributed by atoms with E-state index in [0.717, 1.165) is 39.9 Å². The van der Waals surface area contributed by atoms with Gasteiger partial charge in [0.1, 0.15) is 17.1 Å². The zero-order valence-electron chi connectivity index (χ0n) is 14.6. The standard InChI is InChI=1S/C21H18N4O/c1-15-8-13-20-22-16(2)21(25(20)14-15)24-23-17-9-11-19(12-10-17)26-18-6-4-3-5-7-18/h3-14H,1-2H3. The van der Waals surface area contributed by atoms with E-state index in [1.165, 1.54) is 0 Å². The fourth-order valence-corrected chi connectivity index (χ4v) is 2.69. The smallest absolute Gasteiger partial charge is 0.182 e. The molecule has 0 aliphatic carbocycles. The third-order valence-electron chi connectivity index (χ3n) is 3.98. The summed E-state index contributed by atoms with van der Waals surface area (Å²) < 4.78 is 7.75. The number of pyridine rings is 1. The molecule has 0 aliphatic heterocycles. The Bertz CT molecular complexity index is 1070. The number of nitrogens with zero attached hydrogens (tertiary/aromatic N) is 4. The fourth-order valence-electron chi connectivity index (χ4n) is 2.69. The minimum Gasteiger partial charge on any atom is -0.457 e. The van der Waals surface area contributed by atoms with Crippen LogP contribution in [0.25, 0.3) is 5.65 Å². The van der Waals surface area contributed by atoms with Crippen molar-refractivity contribution in [2.24, 2.45) is 10.2 Å². The summed E-state index contributed by atoms with van der Waals surface area (Å²) in [6, 6.07) is 21.2. The van der Waals surface area contributed by atoms with Gasteiger partial charge in [0.2, 0.25) is 0 Å². The molecule has 0 bridgehead atoms. The highest BCUT2D eigenvalue weighted by Gasteiger charge is 2.07. The van der Waals surface area contributed by atoms with Gasteiger partial charge in [0, 0.05) is 6.20 Å². The molecule has 0 aliphatic rings. The van der Waals surface area contributed by atoms with Gasteiger partial charge in [-0.15, -0.1) is 10.2 Å². The lowest BCUT2D eigenvalue weighted by atomic mass is 10.3. The van der Waals surface area contributed by atoms with Crippen LogP contribution in [0.3, 0.4) is 0 Å². The summed E-state index contributed by atoms with van der Waals surface area (Å²) in [7, 11) is 0. The van der Waals surface area contributed by atoms with Crippen molar-refractivity contribution in [1.29, 1.82) is 0 Å². The third kappa shape index (κ3) is 3.32. The second-order valence-corrected chi connectivity index (χ2v) is 6.06. The Hall–Kier alpha value is -3.47. The summed E-state index contributed by atoms with van der Waals surface area (Å²) in [5.74, 6) is 2.31. The highest BCUT2D eigenvalue weighted by Crippen LogP contribution is 2.26. The average Bonchev–Trinajstić information content (AvgIpc) is 2.96. The van der Waals surface area contributed by atoms with Crippen molar-refractivity contribution in [3.63, 3.8) is 0 Å². The predicted molar refractivity (Wildman–Crippen MR) is 102 cm³/mol. The first-order valence-corrected chi connectivity index (χ1v) is 8.39. The Balaban J connectivity index is 1.56. The van der Waals surface area contributed by atoms with Crippen LogP contribution in [0.15, 0.2) is 83.2 Å². The summed E-state index contributed by atoms with van der Waals surface area (Å²) in [6.45, 7) is 3.98. The van der Waals surface area contributed by atoms with Crippen molar-refractivity contribution in [3.8, 4) is 11.5 Å². The molecule has 2 aromatic heterocycles. The number of ether oxygens (including phenoxy) is 1. The largest absolute Gasteiger partial charge is 0.457 e. The molecule has 4 aromatic rings. The van der Waals surface area contributed by atoms with Gasteiger partial charge in [-0.25, -0.2) is 4.98 Å². The number of para-hydroxylation sites is 1. The van der Waals surface area contributed by atoms with Crippen molar-refractivity contribution in [1.82, 2.24) is 9.38 Å². The molecule has 2 heterocycles. The lowest BCUT2D eigenvalue weighted by Crippen LogP contribution is -1.84. The van der Waals surface area contributed by atoms with Gasteiger partial charge >= 0.3 is 0 Å². The molecule has 0 atom stereocenters. The van der Waals surface area contributed by atoms with Crippen LogP contribution in [0.2, 0.25) is 0 Å². The molecule has 0 saturated carbocycles. The van der Waals surface area contributed by atoms with E-state index in [4.69, 9.17) is 4.74 Å². The normalized spacial score (nSPS) is 11.3. The fraction of sp³-hybridized carbons (Fsp3) is 0.0952.